The van der Waals surface area contributed by atoms with Gasteiger partial charge in [-0.2, -0.15) is 0 Å². The van der Waals surface area contributed by atoms with Crippen LogP contribution in [0.5, 0.6) is 5.75 Å². The third-order valence-electron chi connectivity index (χ3n) is 2.66. The summed E-state index contributed by atoms with van der Waals surface area (Å²) in [4.78, 5) is 10.2. The van der Waals surface area contributed by atoms with Crippen LogP contribution in [-0.2, 0) is 21.1 Å². The topological polar surface area (TPSA) is 60.4 Å². The van der Waals surface area contributed by atoms with Crippen LogP contribution in [0.25, 0.3) is 0 Å². The second-order valence-corrected chi connectivity index (χ2v) is 6.32. The zero-order chi connectivity index (χ0) is 12.3. The number of hydrogen-bond donors (Lipinski definition) is 0. The third-order valence-corrected chi connectivity index (χ3v) is 4.42. The molecule has 1 aliphatic heterocycles. The van der Waals surface area contributed by atoms with Crippen LogP contribution in [-0.4, -0.2) is 32.3 Å². The Labute approximate surface area is 101 Å². The number of rotatable bonds is 5. The number of carbonyl (C=O) groups excluding carboxylic acids is 1. The SMILES string of the molecule is O=CCCc1ccc(OC2CS(=O)(=O)C2)cc1. The first-order valence-corrected chi connectivity index (χ1v) is 7.31. The Hall–Kier alpha value is -1.36. The van der Waals surface area contributed by atoms with Gasteiger partial charge in [0.15, 0.2) is 9.84 Å². The van der Waals surface area contributed by atoms with E-state index < -0.39 is 9.84 Å². The molecule has 17 heavy (non-hydrogen) atoms. The van der Waals surface area contributed by atoms with Gasteiger partial charge in [-0.1, -0.05) is 12.1 Å². The fourth-order valence-electron chi connectivity index (χ4n) is 1.74. The summed E-state index contributed by atoms with van der Waals surface area (Å²) in [5, 5.41) is 0. The first kappa shape index (κ1) is 12.1. The van der Waals surface area contributed by atoms with Crippen molar-refractivity contribution >= 4 is 16.1 Å². The highest BCUT2D eigenvalue weighted by Crippen LogP contribution is 2.20. The van der Waals surface area contributed by atoms with Crippen LogP contribution in [0.1, 0.15) is 12.0 Å². The molecule has 1 aliphatic rings. The highest BCUT2D eigenvalue weighted by molar-refractivity contribution is 7.92. The number of sulfone groups is 1. The molecule has 1 aromatic rings. The minimum absolute atomic E-state index is 0.111. The predicted octanol–water partition coefficient (Wildman–Crippen LogP) is 0.994. The highest BCUT2D eigenvalue weighted by Gasteiger charge is 2.35. The van der Waals surface area contributed by atoms with Crippen LogP contribution < -0.4 is 4.74 Å². The van der Waals surface area contributed by atoms with E-state index >= 15 is 0 Å². The van der Waals surface area contributed by atoms with Gasteiger partial charge in [-0.05, 0) is 24.1 Å². The number of aldehydes is 1. The summed E-state index contributed by atoms with van der Waals surface area (Å²) in [5.41, 5.74) is 1.07. The van der Waals surface area contributed by atoms with E-state index in [-0.39, 0.29) is 17.6 Å². The van der Waals surface area contributed by atoms with Crippen molar-refractivity contribution < 1.29 is 17.9 Å². The molecule has 92 valence electrons. The Morgan fingerprint density at radius 1 is 1.24 bits per heavy atom. The van der Waals surface area contributed by atoms with Crippen molar-refractivity contribution in [3.63, 3.8) is 0 Å². The van der Waals surface area contributed by atoms with Crippen LogP contribution in [0.3, 0.4) is 0 Å². The summed E-state index contributed by atoms with van der Waals surface area (Å²) in [6.07, 6.45) is 1.92. The number of ether oxygens (including phenoxy) is 1. The van der Waals surface area contributed by atoms with E-state index in [1.165, 1.54) is 0 Å². The van der Waals surface area contributed by atoms with Gasteiger partial charge in [-0.3, -0.25) is 0 Å². The molecule has 0 aliphatic carbocycles. The molecule has 1 saturated heterocycles. The Kier molecular flexibility index (Phi) is 3.47. The molecule has 0 bridgehead atoms. The maximum Gasteiger partial charge on any atom is 0.157 e. The van der Waals surface area contributed by atoms with Crippen LogP contribution >= 0.6 is 0 Å². The second kappa shape index (κ2) is 4.87. The molecular formula is C12H14O4S. The van der Waals surface area contributed by atoms with Crippen LogP contribution in [0, 0.1) is 0 Å². The Balaban J connectivity index is 1.88. The molecule has 4 nitrogen and oxygen atoms in total. The molecule has 0 radical (unpaired) electrons. The number of aryl methyl sites for hydroxylation is 1. The van der Waals surface area contributed by atoms with E-state index in [1.807, 2.05) is 24.3 Å². The maximum absolute atomic E-state index is 10.9. The van der Waals surface area contributed by atoms with Gasteiger partial charge in [0.2, 0.25) is 0 Å². The fourth-order valence-corrected chi connectivity index (χ4v) is 2.91. The average Bonchev–Trinajstić information content (AvgIpc) is 2.26. The van der Waals surface area contributed by atoms with Crippen molar-refractivity contribution in [3.05, 3.63) is 29.8 Å². The average molecular weight is 254 g/mol. The summed E-state index contributed by atoms with van der Waals surface area (Å²) in [6, 6.07) is 7.41. The molecule has 5 heteroatoms. The summed E-state index contributed by atoms with van der Waals surface area (Å²) in [5.74, 6) is 0.902. The maximum atomic E-state index is 10.9. The molecule has 0 N–H and O–H groups in total. The molecule has 0 unspecified atom stereocenters. The molecule has 2 rings (SSSR count). The van der Waals surface area contributed by atoms with E-state index in [2.05, 4.69) is 0 Å². The van der Waals surface area contributed by atoms with E-state index in [0.717, 1.165) is 18.3 Å². The highest BCUT2D eigenvalue weighted by atomic mass is 32.2. The minimum Gasteiger partial charge on any atom is -0.488 e. The molecule has 1 heterocycles. The summed E-state index contributed by atoms with van der Waals surface area (Å²) < 4.78 is 27.4. The summed E-state index contributed by atoms with van der Waals surface area (Å²) in [7, 11) is -2.83. The van der Waals surface area contributed by atoms with Gasteiger partial charge in [0, 0.05) is 6.42 Å². The van der Waals surface area contributed by atoms with Gasteiger partial charge in [-0.25, -0.2) is 8.42 Å². The van der Waals surface area contributed by atoms with Crippen molar-refractivity contribution in [2.45, 2.75) is 18.9 Å². The largest absolute Gasteiger partial charge is 0.488 e. The third kappa shape index (κ3) is 3.30. The van der Waals surface area contributed by atoms with Gasteiger partial charge < -0.3 is 9.53 Å². The molecule has 1 aromatic carbocycles. The van der Waals surface area contributed by atoms with Gasteiger partial charge >= 0.3 is 0 Å². The quantitative estimate of drug-likeness (QED) is 0.735. The van der Waals surface area contributed by atoms with Crippen molar-refractivity contribution in [3.8, 4) is 5.75 Å². The normalized spacial score (nSPS) is 18.4. The van der Waals surface area contributed by atoms with Gasteiger partial charge in [0.05, 0.1) is 11.5 Å². The lowest BCUT2D eigenvalue weighted by atomic mass is 10.1. The van der Waals surface area contributed by atoms with Crippen molar-refractivity contribution in [1.29, 1.82) is 0 Å². The first-order chi connectivity index (χ1) is 8.09. The Morgan fingerprint density at radius 3 is 2.41 bits per heavy atom. The Morgan fingerprint density at radius 2 is 1.88 bits per heavy atom. The lowest BCUT2D eigenvalue weighted by molar-refractivity contribution is -0.107. The van der Waals surface area contributed by atoms with Gasteiger partial charge in [0.1, 0.15) is 18.1 Å². The number of benzene rings is 1. The molecular weight excluding hydrogens is 240 g/mol. The van der Waals surface area contributed by atoms with E-state index in [1.54, 1.807) is 0 Å². The lowest BCUT2D eigenvalue weighted by Crippen LogP contribution is -2.45. The number of hydrogen-bond acceptors (Lipinski definition) is 4. The molecule has 0 aromatic heterocycles. The summed E-state index contributed by atoms with van der Waals surface area (Å²) >= 11 is 0. The van der Waals surface area contributed by atoms with E-state index in [9.17, 15) is 13.2 Å². The van der Waals surface area contributed by atoms with Crippen molar-refractivity contribution in [1.82, 2.24) is 0 Å². The number of carbonyl (C=O) groups is 1. The minimum atomic E-state index is -2.83. The Bertz CT molecular complexity index is 478. The van der Waals surface area contributed by atoms with Crippen LogP contribution in [0.4, 0.5) is 0 Å². The molecule has 0 atom stereocenters. The zero-order valence-electron chi connectivity index (χ0n) is 9.33. The first-order valence-electron chi connectivity index (χ1n) is 5.49. The predicted molar refractivity (Wildman–Crippen MR) is 63.9 cm³/mol. The zero-order valence-corrected chi connectivity index (χ0v) is 10.2. The smallest absolute Gasteiger partial charge is 0.157 e. The lowest BCUT2D eigenvalue weighted by Gasteiger charge is -2.26. The summed E-state index contributed by atoms with van der Waals surface area (Å²) in [6.45, 7) is 0. The fraction of sp³-hybridized carbons (Fsp3) is 0.417. The van der Waals surface area contributed by atoms with E-state index in [0.29, 0.717) is 12.2 Å². The van der Waals surface area contributed by atoms with Gasteiger partial charge in [-0.15, -0.1) is 0 Å². The van der Waals surface area contributed by atoms with Crippen LogP contribution in [0.2, 0.25) is 0 Å². The van der Waals surface area contributed by atoms with Crippen molar-refractivity contribution in [2.24, 2.45) is 0 Å². The standard InChI is InChI=1S/C12H14O4S/c13-7-1-2-10-3-5-11(6-4-10)16-12-8-17(14,15)9-12/h3-7,12H,1-2,8-9H2. The molecule has 0 saturated carbocycles. The monoisotopic (exact) mass is 254 g/mol. The molecule has 1 fully saturated rings. The molecule has 0 amide bonds. The molecule has 0 spiro atoms. The van der Waals surface area contributed by atoms with E-state index in [4.69, 9.17) is 4.74 Å². The van der Waals surface area contributed by atoms with Gasteiger partial charge in [0.25, 0.3) is 0 Å². The van der Waals surface area contributed by atoms with Crippen LogP contribution in [0.15, 0.2) is 24.3 Å². The second-order valence-electron chi connectivity index (χ2n) is 4.17. The van der Waals surface area contributed by atoms with Crippen molar-refractivity contribution in [2.75, 3.05) is 11.5 Å².